The van der Waals surface area contributed by atoms with Gasteiger partial charge in [-0.25, -0.2) is 9.97 Å². The average Bonchev–Trinajstić information content (AvgIpc) is 3.78. The Balaban J connectivity index is 1.63. The number of nitrogens with zero attached hydrogens (tertiary/aromatic N) is 2. The number of fused-ring (bicyclic) bond motifs is 8. The van der Waals surface area contributed by atoms with Crippen LogP contribution in [0.5, 0.6) is 0 Å². The lowest BCUT2D eigenvalue weighted by molar-refractivity contribution is 0.899. The van der Waals surface area contributed by atoms with Crippen molar-refractivity contribution < 1.29 is 0 Å². The summed E-state index contributed by atoms with van der Waals surface area (Å²) in [5.41, 5.74) is 12.9. The second-order valence-corrected chi connectivity index (χ2v) is 10.4. The quantitative estimate of drug-likeness (QED) is 0.218. The summed E-state index contributed by atoms with van der Waals surface area (Å²) < 4.78 is 0. The Bertz CT molecular complexity index is 1900. The van der Waals surface area contributed by atoms with E-state index in [1.54, 1.807) is 0 Å². The summed E-state index contributed by atoms with van der Waals surface area (Å²) in [5.74, 6) is 0. The molecule has 0 spiro atoms. The molecule has 3 N–H and O–H groups in total. The van der Waals surface area contributed by atoms with Gasteiger partial charge in [0.1, 0.15) is 0 Å². The number of anilines is 1. The maximum atomic E-state index is 5.18. The fourth-order valence-electron chi connectivity index (χ4n) is 5.40. The van der Waals surface area contributed by atoms with Crippen molar-refractivity contribution in [3.63, 3.8) is 0 Å². The van der Waals surface area contributed by atoms with E-state index in [1.807, 2.05) is 12.1 Å². The summed E-state index contributed by atoms with van der Waals surface area (Å²) in [5, 5.41) is 3.66. The van der Waals surface area contributed by atoms with Crippen LogP contribution in [0.3, 0.4) is 0 Å². The molecule has 0 radical (unpaired) electrons. The second-order valence-electron chi connectivity index (χ2n) is 10.4. The molecule has 8 bridgehead atoms. The van der Waals surface area contributed by atoms with Gasteiger partial charge in [0.2, 0.25) is 0 Å². The molecule has 2 aliphatic rings. The van der Waals surface area contributed by atoms with Crippen LogP contribution >= 0.6 is 0 Å². The molecule has 5 aromatic rings. The lowest BCUT2D eigenvalue weighted by Crippen LogP contribution is -2.11. The number of aromatic amines is 2. The molecule has 0 saturated heterocycles. The summed E-state index contributed by atoms with van der Waals surface area (Å²) in [6, 6.07) is 31.7. The maximum Gasteiger partial charge on any atom is 0.0890 e. The van der Waals surface area contributed by atoms with Gasteiger partial charge in [-0.3, -0.25) is 0 Å². The molecule has 5 heterocycles. The molecule has 0 amide bonds. The van der Waals surface area contributed by atoms with E-state index in [9.17, 15) is 0 Å². The van der Waals surface area contributed by atoms with Crippen LogP contribution < -0.4 is 5.32 Å². The molecule has 3 aromatic heterocycles. The monoisotopic (exact) mass is 519 g/mol. The van der Waals surface area contributed by atoms with Crippen LogP contribution in [0.25, 0.3) is 68.6 Å². The smallest absolute Gasteiger partial charge is 0.0890 e. The van der Waals surface area contributed by atoms with Gasteiger partial charge >= 0.3 is 0 Å². The van der Waals surface area contributed by atoms with Crippen molar-refractivity contribution in [2.45, 2.75) is 19.9 Å². The summed E-state index contributed by atoms with van der Waals surface area (Å²) in [4.78, 5) is 17.6. The minimum atomic E-state index is 0.225. The summed E-state index contributed by atoms with van der Waals surface area (Å²) in [6.07, 6.45) is 8.38. The van der Waals surface area contributed by atoms with Crippen LogP contribution in [0.15, 0.2) is 91.0 Å². The van der Waals surface area contributed by atoms with Crippen LogP contribution in [-0.4, -0.2) is 26.0 Å². The molecule has 5 nitrogen and oxygen atoms in total. The standard InChI is InChI=1S/C35H29N5/c1-22(2)36-35-31-19-17-29(39-31)33(23-9-5-3-6-10-23)27-15-13-25(37-27)21-26-14-16-28(38-26)34(24-11-7-4-8-12-24)30-18-20-32(35)40-30/h3-22,36-37,40H,1-2H3. The number of benzene rings is 2. The maximum absolute atomic E-state index is 5.18. The number of rotatable bonds is 4. The van der Waals surface area contributed by atoms with Crippen LogP contribution in [0.4, 0.5) is 5.69 Å². The van der Waals surface area contributed by atoms with Gasteiger partial charge in [-0.1, -0.05) is 60.7 Å². The van der Waals surface area contributed by atoms with Crippen molar-refractivity contribution in [1.82, 2.24) is 19.9 Å². The van der Waals surface area contributed by atoms with Crippen molar-refractivity contribution in [2.24, 2.45) is 0 Å². The van der Waals surface area contributed by atoms with Crippen molar-refractivity contribution in [1.29, 1.82) is 0 Å². The summed E-state index contributed by atoms with van der Waals surface area (Å²) in [6.45, 7) is 4.30. The SMILES string of the molecule is CC(C)Nc1c2nc(c(-c3ccccc3)c3ccc(cc4nc(c(-c5ccccc5)c5ccc1[nH]5)C=C4)[nH]3)C=C2. The van der Waals surface area contributed by atoms with E-state index in [0.717, 1.165) is 72.8 Å². The lowest BCUT2D eigenvalue weighted by atomic mass is 10.0. The molecule has 0 aliphatic carbocycles. The van der Waals surface area contributed by atoms with Crippen molar-refractivity contribution in [3.05, 3.63) is 114 Å². The molecule has 0 unspecified atom stereocenters. The van der Waals surface area contributed by atoms with Gasteiger partial charge in [0.25, 0.3) is 0 Å². The molecule has 40 heavy (non-hydrogen) atoms. The molecule has 0 atom stereocenters. The van der Waals surface area contributed by atoms with E-state index in [2.05, 4.69) is 132 Å². The zero-order valence-electron chi connectivity index (χ0n) is 22.4. The fourth-order valence-corrected chi connectivity index (χ4v) is 5.40. The third kappa shape index (κ3) is 4.41. The highest BCUT2D eigenvalue weighted by molar-refractivity contribution is 5.96. The number of hydrogen-bond donors (Lipinski definition) is 3. The van der Waals surface area contributed by atoms with E-state index in [1.165, 1.54) is 0 Å². The Morgan fingerprint density at radius 1 is 0.575 bits per heavy atom. The number of nitrogens with one attached hydrogen (secondary N) is 3. The zero-order chi connectivity index (χ0) is 27.1. The largest absolute Gasteiger partial charge is 0.379 e. The van der Waals surface area contributed by atoms with Gasteiger partial charge in [-0.2, -0.15) is 0 Å². The van der Waals surface area contributed by atoms with Crippen LogP contribution in [0.1, 0.15) is 36.6 Å². The number of hydrogen-bond acceptors (Lipinski definition) is 3. The molecule has 2 aliphatic heterocycles. The van der Waals surface area contributed by atoms with Gasteiger partial charge < -0.3 is 15.3 Å². The Hall–Kier alpha value is -5.16. The number of aromatic nitrogens is 4. The first-order chi connectivity index (χ1) is 19.6. The van der Waals surface area contributed by atoms with Gasteiger partial charge in [0.05, 0.1) is 34.0 Å². The summed E-state index contributed by atoms with van der Waals surface area (Å²) in [7, 11) is 0. The highest BCUT2D eigenvalue weighted by Crippen LogP contribution is 2.34. The molecule has 7 rings (SSSR count). The third-order valence-electron chi connectivity index (χ3n) is 7.13. The highest BCUT2D eigenvalue weighted by atomic mass is 14.9. The second kappa shape index (κ2) is 9.86. The van der Waals surface area contributed by atoms with E-state index < -0.39 is 0 Å². The predicted octanol–water partition coefficient (Wildman–Crippen LogP) is 8.81. The van der Waals surface area contributed by atoms with Crippen molar-refractivity contribution >= 4 is 52.1 Å². The molecule has 5 heteroatoms. The lowest BCUT2D eigenvalue weighted by Gasteiger charge is -2.11. The average molecular weight is 520 g/mol. The molecule has 0 saturated carbocycles. The van der Waals surface area contributed by atoms with Gasteiger partial charge in [-0.05, 0) is 79.6 Å². The number of H-pyrrole nitrogens is 2. The van der Waals surface area contributed by atoms with Gasteiger partial charge in [-0.15, -0.1) is 0 Å². The first-order valence-corrected chi connectivity index (χ1v) is 13.6. The van der Waals surface area contributed by atoms with E-state index in [0.29, 0.717) is 0 Å². The molecular weight excluding hydrogens is 490 g/mol. The fraction of sp³-hybridized carbons (Fsp3) is 0.0857. The Morgan fingerprint density at radius 2 is 1.15 bits per heavy atom. The predicted molar refractivity (Wildman–Crippen MR) is 168 cm³/mol. The Morgan fingerprint density at radius 3 is 1.85 bits per heavy atom. The first-order valence-electron chi connectivity index (χ1n) is 13.6. The molecule has 2 aromatic carbocycles. The first kappa shape index (κ1) is 23.9. The molecule has 0 fully saturated rings. The topological polar surface area (TPSA) is 69.4 Å². The van der Waals surface area contributed by atoms with Crippen LogP contribution in [-0.2, 0) is 0 Å². The van der Waals surface area contributed by atoms with Gasteiger partial charge in [0, 0.05) is 33.7 Å². The normalized spacial score (nSPS) is 12.3. The molecular formula is C35H29N5. The Labute approximate surface area is 233 Å². The van der Waals surface area contributed by atoms with Gasteiger partial charge in [0.15, 0.2) is 0 Å². The van der Waals surface area contributed by atoms with E-state index >= 15 is 0 Å². The summed E-state index contributed by atoms with van der Waals surface area (Å²) >= 11 is 0. The minimum Gasteiger partial charge on any atom is -0.379 e. The van der Waals surface area contributed by atoms with Crippen LogP contribution in [0, 0.1) is 0 Å². The van der Waals surface area contributed by atoms with E-state index in [4.69, 9.17) is 9.97 Å². The Kier molecular flexibility index (Phi) is 5.90. The third-order valence-corrected chi connectivity index (χ3v) is 7.13. The minimum absolute atomic E-state index is 0.225. The van der Waals surface area contributed by atoms with Crippen molar-refractivity contribution in [3.8, 4) is 22.3 Å². The van der Waals surface area contributed by atoms with Crippen molar-refractivity contribution in [2.75, 3.05) is 5.32 Å². The molecule has 194 valence electrons. The van der Waals surface area contributed by atoms with E-state index in [-0.39, 0.29) is 6.04 Å². The van der Waals surface area contributed by atoms with Crippen LogP contribution in [0.2, 0.25) is 0 Å². The zero-order valence-corrected chi connectivity index (χ0v) is 22.4. The highest BCUT2D eigenvalue weighted by Gasteiger charge is 2.16.